The Kier molecular flexibility index (Phi) is 6.23. The summed E-state index contributed by atoms with van der Waals surface area (Å²) in [5, 5.41) is 2.97. The molecule has 0 unspecified atom stereocenters. The minimum Gasteiger partial charge on any atom is -0.352 e. The molecule has 5 heteroatoms. The van der Waals surface area contributed by atoms with Gasteiger partial charge < -0.3 is 10.2 Å². The van der Waals surface area contributed by atoms with Gasteiger partial charge in [-0.3, -0.25) is 9.59 Å². The number of carbonyl (C=O) groups excluding carboxylic acids is 2. The molecule has 31 heavy (non-hydrogen) atoms. The van der Waals surface area contributed by atoms with Gasteiger partial charge in [0.2, 0.25) is 0 Å². The number of hydrogen-bond donors (Lipinski definition) is 1. The third-order valence-corrected chi connectivity index (χ3v) is 6.41. The lowest BCUT2D eigenvalue weighted by Crippen LogP contribution is -2.31. The van der Waals surface area contributed by atoms with Crippen molar-refractivity contribution in [2.24, 2.45) is 0 Å². The number of fused-ring (bicyclic) bond motifs is 1. The molecule has 0 aromatic heterocycles. The Balaban J connectivity index is 1.49. The van der Waals surface area contributed by atoms with E-state index in [1.165, 1.54) is 17.3 Å². The van der Waals surface area contributed by atoms with Crippen LogP contribution in [-0.4, -0.2) is 25.4 Å². The number of hydrogen-bond acceptors (Lipinski definition) is 3. The number of rotatable bonds is 5. The molecule has 0 atom stereocenters. The molecule has 3 aromatic carbocycles. The maximum atomic E-state index is 13.0. The van der Waals surface area contributed by atoms with Crippen molar-refractivity contribution < 1.29 is 9.59 Å². The van der Waals surface area contributed by atoms with E-state index in [1.807, 2.05) is 79.7 Å². The van der Waals surface area contributed by atoms with E-state index in [0.717, 1.165) is 28.1 Å². The van der Waals surface area contributed by atoms with Crippen LogP contribution < -0.4 is 10.2 Å². The molecule has 0 bridgehead atoms. The van der Waals surface area contributed by atoms with Crippen LogP contribution in [0.15, 0.2) is 82.6 Å². The Hall–Kier alpha value is -3.31. The number of nitrogens with one attached hydrogen (secondary N) is 1. The zero-order chi connectivity index (χ0) is 21.8. The van der Waals surface area contributed by atoms with Crippen molar-refractivity contribution in [3.63, 3.8) is 0 Å². The molecule has 0 aliphatic carbocycles. The lowest BCUT2D eigenvalue weighted by Gasteiger charge is -2.27. The van der Waals surface area contributed by atoms with Crippen molar-refractivity contribution in [3.8, 4) is 0 Å². The summed E-state index contributed by atoms with van der Waals surface area (Å²) >= 11 is 1.45. The van der Waals surface area contributed by atoms with Gasteiger partial charge in [0.05, 0.1) is 10.6 Å². The third-order valence-electron chi connectivity index (χ3n) is 5.33. The summed E-state index contributed by atoms with van der Waals surface area (Å²) in [5.41, 5.74) is 4.65. The fraction of sp³-hybridized carbons (Fsp3) is 0.154. The van der Waals surface area contributed by atoms with Crippen LogP contribution in [0.25, 0.3) is 6.08 Å². The molecule has 4 rings (SSSR count). The number of aryl methyl sites for hydroxylation is 1. The van der Waals surface area contributed by atoms with E-state index in [-0.39, 0.29) is 11.8 Å². The van der Waals surface area contributed by atoms with Crippen LogP contribution in [-0.2, 0) is 11.2 Å². The topological polar surface area (TPSA) is 49.4 Å². The summed E-state index contributed by atoms with van der Waals surface area (Å²) in [5.74, 6) is -0.201. The first kappa shape index (κ1) is 20.9. The smallest absolute Gasteiger partial charge is 0.264 e. The molecule has 2 amide bonds. The molecule has 0 saturated heterocycles. The summed E-state index contributed by atoms with van der Waals surface area (Å²) in [6.45, 7) is 2.59. The van der Waals surface area contributed by atoms with Crippen LogP contribution in [0.4, 0.5) is 5.69 Å². The third kappa shape index (κ3) is 4.72. The van der Waals surface area contributed by atoms with Crippen LogP contribution >= 0.6 is 11.8 Å². The summed E-state index contributed by atoms with van der Waals surface area (Å²) in [7, 11) is 1.75. The highest BCUT2D eigenvalue weighted by molar-refractivity contribution is 8.04. The molecule has 1 heterocycles. The Morgan fingerprint density at radius 3 is 2.55 bits per heavy atom. The van der Waals surface area contributed by atoms with Gasteiger partial charge >= 0.3 is 0 Å². The van der Waals surface area contributed by atoms with E-state index < -0.39 is 0 Å². The van der Waals surface area contributed by atoms with Crippen LogP contribution in [0, 0.1) is 6.92 Å². The molecule has 3 aromatic rings. The summed E-state index contributed by atoms with van der Waals surface area (Å²) in [6.07, 6.45) is 2.71. The number of thioether (sulfide) groups is 1. The summed E-state index contributed by atoms with van der Waals surface area (Å²) in [4.78, 5) is 28.8. The maximum Gasteiger partial charge on any atom is 0.264 e. The molecule has 0 fully saturated rings. The minimum atomic E-state index is -0.133. The Morgan fingerprint density at radius 1 is 1.03 bits per heavy atom. The monoisotopic (exact) mass is 428 g/mol. The van der Waals surface area contributed by atoms with Gasteiger partial charge in [0.1, 0.15) is 0 Å². The molecule has 4 nitrogen and oxygen atoms in total. The van der Waals surface area contributed by atoms with Gasteiger partial charge in [-0.1, -0.05) is 66.4 Å². The first-order valence-electron chi connectivity index (χ1n) is 10.2. The molecule has 156 valence electrons. The zero-order valence-electron chi connectivity index (χ0n) is 17.6. The lowest BCUT2D eigenvalue weighted by molar-refractivity contribution is -0.114. The van der Waals surface area contributed by atoms with Crippen molar-refractivity contribution in [3.05, 3.63) is 100.0 Å². The van der Waals surface area contributed by atoms with Gasteiger partial charge in [-0.15, -0.1) is 0 Å². The van der Waals surface area contributed by atoms with E-state index in [2.05, 4.69) is 5.32 Å². The predicted octanol–water partition coefficient (Wildman–Crippen LogP) is 5.08. The number of anilines is 1. The van der Waals surface area contributed by atoms with Crippen molar-refractivity contribution in [2.75, 3.05) is 18.5 Å². The van der Waals surface area contributed by atoms with Gasteiger partial charge in [0.15, 0.2) is 0 Å². The van der Waals surface area contributed by atoms with Crippen molar-refractivity contribution in [1.29, 1.82) is 0 Å². The molecule has 0 saturated carbocycles. The van der Waals surface area contributed by atoms with Gasteiger partial charge in [-0.2, -0.15) is 0 Å². The molecule has 1 N–H and O–H groups in total. The van der Waals surface area contributed by atoms with Crippen molar-refractivity contribution >= 4 is 35.3 Å². The minimum absolute atomic E-state index is 0.0672. The summed E-state index contributed by atoms with van der Waals surface area (Å²) < 4.78 is 0. The predicted molar refractivity (Wildman–Crippen MR) is 127 cm³/mol. The maximum absolute atomic E-state index is 13.0. The van der Waals surface area contributed by atoms with Crippen LogP contribution in [0.1, 0.15) is 27.0 Å². The fourth-order valence-electron chi connectivity index (χ4n) is 3.49. The average molecular weight is 429 g/mol. The molecule has 1 aliphatic rings. The van der Waals surface area contributed by atoms with E-state index in [9.17, 15) is 9.59 Å². The standard InChI is InChI=1S/C26H24N2O2S/c1-18-8-6-7-11-20(18)17-24-26(30)28(2)22-16-21(12-13-23(22)31-24)25(29)27-15-14-19-9-4-3-5-10-19/h3-13,16-17H,14-15H2,1-2H3,(H,27,29)/b24-17-. The van der Waals surface area contributed by atoms with Crippen molar-refractivity contribution in [2.45, 2.75) is 18.2 Å². The van der Waals surface area contributed by atoms with Gasteiger partial charge in [0, 0.05) is 24.1 Å². The van der Waals surface area contributed by atoms with E-state index in [4.69, 9.17) is 0 Å². The Morgan fingerprint density at radius 2 is 1.77 bits per heavy atom. The Bertz CT molecular complexity index is 1160. The highest BCUT2D eigenvalue weighted by Gasteiger charge is 2.27. The normalized spacial score (nSPS) is 14.5. The largest absolute Gasteiger partial charge is 0.352 e. The van der Waals surface area contributed by atoms with Gasteiger partial charge in [-0.05, 0) is 54.3 Å². The highest BCUT2D eigenvalue weighted by atomic mass is 32.2. The first-order chi connectivity index (χ1) is 15.0. The molecular weight excluding hydrogens is 404 g/mol. The molecule has 0 radical (unpaired) electrons. The number of carbonyl (C=O) groups is 2. The van der Waals surface area contributed by atoms with E-state index in [0.29, 0.717) is 17.0 Å². The second-order valence-electron chi connectivity index (χ2n) is 7.51. The van der Waals surface area contributed by atoms with Gasteiger partial charge in [-0.25, -0.2) is 0 Å². The van der Waals surface area contributed by atoms with E-state index >= 15 is 0 Å². The fourth-order valence-corrected chi connectivity index (χ4v) is 4.58. The molecular formula is C26H24N2O2S. The van der Waals surface area contributed by atoms with Crippen LogP contribution in [0.2, 0.25) is 0 Å². The number of likely N-dealkylation sites (N-methyl/N-ethyl adjacent to an activating group) is 1. The Labute approximate surface area is 187 Å². The quantitative estimate of drug-likeness (QED) is 0.577. The van der Waals surface area contributed by atoms with Crippen LogP contribution in [0.5, 0.6) is 0 Å². The average Bonchev–Trinajstić information content (AvgIpc) is 2.79. The number of benzene rings is 3. The molecule has 0 spiro atoms. The van der Waals surface area contributed by atoms with Gasteiger partial charge in [0.25, 0.3) is 11.8 Å². The number of amides is 2. The SMILES string of the molecule is Cc1ccccc1/C=C1\Sc2ccc(C(=O)NCCc3ccccc3)cc2N(C)C1=O. The van der Waals surface area contributed by atoms with E-state index in [1.54, 1.807) is 18.0 Å². The van der Waals surface area contributed by atoms with Crippen molar-refractivity contribution in [1.82, 2.24) is 5.32 Å². The highest BCUT2D eigenvalue weighted by Crippen LogP contribution is 2.42. The van der Waals surface area contributed by atoms with Crippen LogP contribution in [0.3, 0.4) is 0 Å². The number of nitrogens with zero attached hydrogens (tertiary/aromatic N) is 1. The second-order valence-corrected chi connectivity index (χ2v) is 8.59. The summed E-state index contributed by atoms with van der Waals surface area (Å²) in [6, 6.07) is 23.6. The second kappa shape index (κ2) is 9.23. The first-order valence-corrected chi connectivity index (χ1v) is 11.0. The zero-order valence-corrected chi connectivity index (χ0v) is 18.4. The lowest BCUT2D eigenvalue weighted by atomic mass is 10.1. The molecule has 1 aliphatic heterocycles.